The summed E-state index contributed by atoms with van der Waals surface area (Å²) in [4.78, 5) is 21.0. The van der Waals surface area contributed by atoms with Gasteiger partial charge in [-0.2, -0.15) is 11.8 Å². The predicted molar refractivity (Wildman–Crippen MR) is 96.0 cm³/mol. The minimum atomic E-state index is 0.122. The number of nitrogens with zero attached hydrogens (tertiary/aromatic N) is 3. The van der Waals surface area contributed by atoms with E-state index in [0.717, 1.165) is 51.5 Å². The minimum Gasteiger partial charge on any atom is -0.355 e. The molecule has 0 aliphatic carbocycles. The van der Waals surface area contributed by atoms with E-state index < -0.39 is 0 Å². The summed E-state index contributed by atoms with van der Waals surface area (Å²) in [5, 5.41) is 6.54. The lowest BCUT2D eigenvalue weighted by molar-refractivity contribution is -0.119. The van der Waals surface area contributed by atoms with Crippen LogP contribution in [0.5, 0.6) is 0 Å². The number of piperidine rings is 1. The number of carbonyl (C=O) groups excluding carboxylic acids is 1. The molecule has 130 valence electrons. The first-order chi connectivity index (χ1) is 11.2. The van der Waals surface area contributed by atoms with Gasteiger partial charge in [-0.3, -0.25) is 14.7 Å². The lowest BCUT2D eigenvalue weighted by Crippen LogP contribution is -2.52. The summed E-state index contributed by atoms with van der Waals surface area (Å²) in [6.45, 7) is 7.22. The zero-order chi connectivity index (χ0) is 16.1. The molecule has 1 atom stereocenters. The molecule has 7 heteroatoms. The lowest BCUT2D eigenvalue weighted by Gasteiger charge is -2.41. The molecule has 1 spiro atoms. The van der Waals surface area contributed by atoms with E-state index in [0.29, 0.717) is 6.42 Å². The Hall–Kier alpha value is -0.950. The molecule has 23 heavy (non-hydrogen) atoms. The first-order valence-corrected chi connectivity index (χ1v) is 9.89. The van der Waals surface area contributed by atoms with E-state index in [1.165, 1.54) is 24.6 Å². The summed E-state index contributed by atoms with van der Waals surface area (Å²) < 4.78 is 0. The van der Waals surface area contributed by atoms with E-state index in [1.54, 1.807) is 0 Å². The van der Waals surface area contributed by atoms with Gasteiger partial charge in [0.2, 0.25) is 5.91 Å². The number of nitrogens with one attached hydrogen (secondary N) is 2. The van der Waals surface area contributed by atoms with Crippen LogP contribution in [-0.2, 0) is 4.79 Å². The van der Waals surface area contributed by atoms with Crippen molar-refractivity contribution in [2.75, 3.05) is 64.4 Å². The van der Waals surface area contributed by atoms with Crippen molar-refractivity contribution in [2.24, 2.45) is 10.4 Å². The maximum Gasteiger partial charge on any atom is 0.220 e. The highest BCUT2D eigenvalue weighted by Gasteiger charge is 2.42. The van der Waals surface area contributed by atoms with Crippen LogP contribution in [-0.4, -0.2) is 86.0 Å². The molecule has 0 aromatic heterocycles. The second-order valence-electron chi connectivity index (χ2n) is 6.91. The molecule has 3 aliphatic heterocycles. The van der Waals surface area contributed by atoms with Crippen LogP contribution in [0.2, 0.25) is 0 Å². The van der Waals surface area contributed by atoms with Crippen LogP contribution < -0.4 is 10.6 Å². The molecule has 0 bridgehead atoms. The number of carbonyl (C=O) groups is 1. The third-order valence-electron chi connectivity index (χ3n) is 5.18. The SMILES string of the molecule is CN=C(NCCN1CCSCC1)N1CCCC2(CNC(=O)C2)C1. The second kappa shape index (κ2) is 7.75. The Morgan fingerprint density at radius 3 is 2.91 bits per heavy atom. The molecule has 3 heterocycles. The fourth-order valence-corrected chi connectivity index (χ4v) is 4.89. The van der Waals surface area contributed by atoms with Crippen LogP contribution in [0.15, 0.2) is 4.99 Å². The van der Waals surface area contributed by atoms with E-state index in [4.69, 9.17) is 0 Å². The van der Waals surface area contributed by atoms with E-state index in [-0.39, 0.29) is 11.3 Å². The number of guanidine groups is 1. The monoisotopic (exact) mass is 339 g/mol. The van der Waals surface area contributed by atoms with Gasteiger partial charge in [-0.05, 0) is 12.8 Å². The first kappa shape index (κ1) is 16.9. The van der Waals surface area contributed by atoms with Gasteiger partial charge in [-0.15, -0.1) is 0 Å². The number of rotatable bonds is 3. The zero-order valence-corrected chi connectivity index (χ0v) is 15.0. The predicted octanol–water partition coefficient (Wildman–Crippen LogP) is 0.213. The average molecular weight is 340 g/mol. The summed E-state index contributed by atoms with van der Waals surface area (Å²) in [5.41, 5.74) is 0.122. The van der Waals surface area contributed by atoms with Crippen molar-refractivity contribution in [1.82, 2.24) is 20.4 Å². The van der Waals surface area contributed by atoms with Gasteiger partial charge in [0.05, 0.1) is 0 Å². The van der Waals surface area contributed by atoms with Crippen LogP contribution in [0.4, 0.5) is 0 Å². The average Bonchev–Trinajstić information content (AvgIpc) is 2.92. The molecular formula is C16H29N5OS. The van der Waals surface area contributed by atoms with Crippen LogP contribution in [0, 0.1) is 5.41 Å². The van der Waals surface area contributed by atoms with Crippen LogP contribution in [0.25, 0.3) is 0 Å². The van der Waals surface area contributed by atoms with Crippen molar-refractivity contribution < 1.29 is 4.79 Å². The van der Waals surface area contributed by atoms with Gasteiger partial charge in [-0.25, -0.2) is 0 Å². The van der Waals surface area contributed by atoms with Gasteiger partial charge in [0, 0.05) is 76.2 Å². The third kappa shape index (κ3) is 4.32. The zero-order valence-electron chi connectivity index (χ0n) is 14.1. The second-order valence-corrected chi connectivity index (χ2v) is 8.13. The summed E-state index contributed by atoms with van der Waals surface area (Å²) >= 11 is 2.05. The topological polar surface area (TPSA) is 60.0 Å². The van der Waals surface area contributed by atoms with E-state index in [2.05, 4.69) is 25.4 Å². The Kier molecular flexibility index (Phi) is 5.69. The Morgan fingerprint density at radius 1 is 1.39 bits per heavy atom. The summed E-state index contributed by atoms with van der Waals surface area (Å²) in [6, 6.07) is 0. The van der Waals surface area contributed by atoms with Crippen molar-refractivity contribution in [1.29, 1.82) is 0 Å². The molecular weight excluding hydrogens is 310 g/mol. The van der Waals surface area contributed by atoms with Crippen LogP contribution >= 0.6 is 11.8 Å². The van der Waals surface area contributed by atoms with Gasteiger partial charge >= 0.3 is 0 Å². The van der Waals surface area contributed by atoms with Crippen molar-refractivity contribution in [3.63, 3.8) is 0 Å². The number of thioether (sulfide) groups is 1. The Morgan fingerprint density at radius 2 is 2.22 bits per heavy atom. The molecule has 2 N–H and O–H groups in total. The number of aliphatic imine (C=N–C) groups is 1. The Balaban J connectivity index is 1.48. The molecule has 1 unspecified atom stereocenters. The third-order valence-corrected chi connectivity index (χ3v) is 6.13. The normalized spacial score (nSPS) is 29.9. The summed E-state index contributed by atoms with van der Waals surface area (Å²) in [6.07, 6.45) is 2.95. The lowest BCUT2D eigenvalue weighted by atomic mass is 9.79. The van der Waals surface area contributed by atoms with Crippen LogP contribution in [0.3, 0.4) is 0 Å². The summed E-state index contributed by atoms with van der Waals surface area (Å²) in [7, 11) is 1.86. The highest BCUT2D eigenvalue weighted by molar-refractivity contribution is 7.99. The van der Waals surface area contributed by atoms with Gasteiger partial charge < -0.3 is 15.5 Å². The maximum absolute atomic E-state index is 11.6. The molecule has 3 rings (SSSR count). The number of amides is 1. The number of hydrogen-bond donors (Lipinski definition) is 2. The molecule has 3 saturated heterocycles. The standard InChI is InChI=1S/C16H29N5OS/c1-17-15(18-4-6-20-7-9-23-10-8-20)21-5-2-3-16(13-21)11-14(22)19-12-16/h2-13H2,1H3,(H,17,18)(H,19,22). The highest BCUT2D eigenvalue weighted by atomic mass is 32.2. The molecule has 0 saturated carbocycles. The van der Waals surface area contributed by atoms with Gasteiger partial charge in [-0.1, -0.05) is 0 Å². The van der Waals surface area contributed by atoms with E-state index in [1.807, 2.05) is 18.8 Å². The van der Waals surface area contributed by atoms with Crippen LogP contribution in [0.1, 0.15) is 19.3 Å². The molecule has 6 nitrogen and oxygen atoms in total. The van der Waals surface area contributed by atoms with Crippen molar-refractivity contribution in [3.8, 4) is 0 Å². The molecule has 0 aromatic rings. The van der Waals surface area contributed by atoms with E-state index >= 15 is 0 Å². The smallest absolute Gasteiger partial charge is 0.220 e. The van der Waals surface area contributed by atoms with Gasteiger partial charge in [0.15, 0.2) is 5.96 Å². The fourth-order valence-electron chi connectivity index (χ4n) is 3.91. The Bertz CT molecular complexity index is 452. The molecule has 3 fully saturated rings. The summed E-state index contributed by atoms with van der Waals surface area (Å²) in [5.74, 6) is 3.71. The molecule has 0 aromatic carbocycles. The first-order valence-electron chi connectivity index (χ1n) is 8.73. The fraction of sp³-hybridized carbons (Fsp3) is 0.875. The maximum atomic E-state index is 11.6. The number of likely N-dealkylation sites (tertiary alicyclic amines) is 1. The van der Waals surface area contributed by atoms with Gasteiger partial charge in [0.1, 0.15) is 0 Å². The molecule has 0 radical (unpaired) electrons. The highest BCUT2D eigenvalue weighted by Crippen LogP contribution is 2.35. The van der Waals surface area contributed by atoms with Crippen molar-refractivity contribution in [3.05, 3.63) is 0 Å². The number of hydrogen-bond acceptors (Lipinski definition) is 4. The minimum absolute atomic E-state index is 0.122. The van der Waals surface area contributed by atoms with Crippen molar-refractivity contribution in [2.45, 2.75) is 19.3 Å². The Labute approximate surface area is 143 Å². The molecule has 1 amide bonds. The van der Waals surface area contributed by atoms with Gasteiger partial charge in [0.25, 0.3) is 0 Å². The largest absolute Gasteiger partial charge is 0.355 e. The van der Waals surface area contributed by atoms with E-state index in [9.17, 15) is 4.79 Å². The quantitative estimate of drug-likeness (QED) is 0.569. The van der Waals surface area contributed by atoms with Crippen molar-refractivity contribution >= 4 is 23.6 Å². The molecule has 3 aliphatic rings.